The van der Waals surface area contributed by atoms with Gasteiger partial charge in [0.15, 0.2) is 6.10 Å². The van der Waals surface area contributed by atoms with Crippen molar-refractivity contribution in [3.8, 4) is 0 Å². The van der Waals surface area contributed by atoms with E-state index in [-0.39, 0.29) is 25.3 Å². The molecule has 28 heavy (non-hydrogen) atoms. The number of carbonyl (C=O) groups excluding carboxylic acids is 3. The summed E-state index contributed by atoms with van der Waals surface area (Å²) < 4.78 is 29.5. The molecule has 1 amide bonds. The quantitative estimate of drug-likeness (QED) is 0.344. The van der Waals surface area contributed by atoms with E-state index in [4.69, 9.17) is 18.3 Å². The first kappa shape index (κ1) is 22.2. The fourth-order valence-corrected chi connectivity index (χ4v) is 3.65. The Morgan fingerprint density at radius 1 is 1.43 bits per heavy atom. The van der Waals surface area contributed by atoms with Crippen molar-refractivity contribution in [2.45, 2.75) is 26.4 Å². The van der Waals surface area contributed by atoms with Crippen molar-refractivity contribution in [1.82, 2.24) is 10.5 Å². The molecular weight excluding hydrogens is 399 g/mol. The number of rotatable bonds is 8. The van der Waals surface area contributed by atoms with Gasteiger partial charge in [0.05, 0.1) is 26.3 Å². The molecule has 1 aromatic rings. The Hall–Kier alpha value is -2.11. The first-order valence-electron chi connectivity index (χ1n) is 8.18. The molecule has 1 aromatic heterocycles. The number of aromatic nitrogens is 1. The molecule has 1 radical (unpaired) electrons. The monoisotopic (exact) mass is 421 g/mol. The molecule has 0 saturated carbocycles. The Balaban J connectivity index is 1.88. The first-order chi connectivity index (χ1) is 13.2. The van der Waals surface area contributed by atoms with Crippen molar-refractivity contribution in [3.05, 3.63) is 18.0 Å². The van der Waals surface area contributed by atoms with E-state index < -0.39 is 44.3 Å². The average Bonchev–Trinajstić information content (AvgIpc) is 3.18. The van der Waals surface area contributed by atoms with Gasteiger partial charge in [0, 0.05) is 18.0 Å². The molecule has 2 heterocycles. The highest BCUT2D eigenvalue weighted by Crippen LogP contribution is 2.63. The average molecular weight is 421 g/mol. The Kier molecular flexibility index (Phi) is 7.44. The second-order valence-electron chi connectivity index (χ2n) is 6.39. The summed E-state index contributed by atoms with van der Waals surface area (Å²) >= 11 is 0. The van der Waals surface area contributed by atoms with Crippen LogP contribution in [-0.2, 0) is 32.6 Å². The van der Waals surface area contributed by atoms with E-state index in [1.54, 1.807) is 13.8 Å². The number of carbonyl (C=O) groups is 3. The van der Waals surface area contributed by atoms with E-state index in [1.807, 2.05) is 0 Å². The van der Waals surface area contributed by atoms with Gasteiger partial charge in [-0.05, 0) is 0 Å². The smallest absolute Gasteiger partial charge is 0.381 e. The standard InChI is InChI=1S/C15H22N2O10P/c1-15(2)8-24-28(21,25-9-23-14(20)10-4-7-17-26-10)27-12(15)13(19)16-6-5-11(18)22-3/h4,7,12,21H,5-6,8-9H2,1-3H3,(H,16,19)/t12-/m0/s1. The molecular formula is C15H22N2O10P. The van der Waals surface area contributed by atoms with E-state index in [9.17, 15) is 19.3 Å². The summed E-state index contributed by atoms with van der Waals surface area (Å²) in [5.74, 6) is -2.05. The van der Waals surface area contributed by atoms with Crippen LogP contribution in [0, 0.1) is 5.41 Å². The van der Waals surface area contributed by atoms with Gasteiger partial charge in [-0.2, -0.15) is 0 Å². The maximum Gasteiger partial charge on any atom is 0.381 e. The molecule has 1 aliphatic rings. The number of esters is 2. The van der Waals surface area contributed by atoms with Crippen molar-refractivity contribution in [2.24, 2.45) is 5.41 Å². The highest BCUT2D eigenvalue weighted by molar-refractivity contribution is 7.55. The number of nitrogens with one attached hydrogen (secondary N) is 1. The van der Waals surface area contributed by atoms with Crippen LogP contribution in [0.3, 0.4) is 0 Å². The molecule has 0 spiro atoms. The minimum absolute atomic E-state index is 0.0145. The molecule has 2 rings (SSSR count). The largest absolute Gasteiger partial charge is 0.469 e. The van der Waals surface area contributed by atoms with Gasteiger partial charge in [0.1, 0.15) is 0 Å². The lowest BCUT2D eigenvalue weighted by Crippen LogP contribution is -2.50. The van der Waals surface area contributed by atoms with Gasteiger partial charge in [-0.15, -0.1) is 0 Å². The number of methoxy groups -OCH3 is 1. The maximum absolute atomic E-state index is 12.4. The lowest BCUT2D eigenvalue weighted by atomic mass is 9.87. The van der Waals surface area contributed by atoms with Gasteiger partial charge in [0.2, 0.25) is 18.5 Å². The van der Waals surface area contributed by atoms with E-state index in [0.717, 1.165) is 0 Å². The highest BCUT2D eigenvalue weighted by atomic mass is 31.2. The van der Waals surface area contributed by atoms with Gasteiger partial charge in [-0.1, -0.05) is 19.0 Å². The van der Waals surface area contributed by atoms with Gasteiger partial charge < -0.3 is 24.2 Å². The molecule has 157 valence electrons. The molecule has 1 aliphatic heterocycles. The Morgan fingerprint density at radius 2 is 2.18 bits per heavy atom. The van der Waals surface area contributed by atoms with Crippen LogP contribution in [0.25, 0.3) is 0 Å². The van der Waals surface area contributed by atoms with Gasteiger partial charge in [-0.25, -0.2) is 4.79 Å². The molecule has 1 saturated heterocycles. The number of ether oxygens (including phenoxy) is 2. The van der Waals surface area contributed by atoms with Crippen molar-refractivity contribution in [3.63, 3.8) is 0 Å². The third-order valence-corrected chi connectivity index (χ3v) is 5.05. The minimum atomic E-state index is -3.92. The number of hydrogen-bond acceptors (Lipinski definition) is 11. The van der Waals surface area contributed by atoms with Crippen LogP contribution in [-0.4, -0.2) is 61.1 Å². The van der Waals surface area contributed by atoms with Crippen LogP contribution >= 0.6 is 8.17 Å². The molecule has 0 aromatic carbocycles. The maximum atomic E-state index is 12.4. The van der Waals surface area contributed by atoms with Crippen LogP contribution in [0.1, 0.15) is 30.8 Å². The second kappa shape index (κ2) is 9.39. The van der Waals surface area contributed by atoms with E-state index in [2.05, 4.69) is 19.7 Å². The van der Waals surface area contributed by atoms with Crippen molar-refractivity contribution in [1.29, 1.82) is 0 Å². The third kappa shape index (κ3) is 5.94. The molecule has 0 bridgehead atoms. The van der Waals surface area contributed by atoms with Gasteiger partial charge >= 0.3 is 20.1 Å². The summed E-state index contributed by atoms with van der Waals surface area (Å²) in [6.45, 7) is 2.69. The second-order valence-corrected chi connectivity index (χ2v) is 8.05. The summed E-state index contributed by atoms with van der Waals surface area (Å²) in [4.78, 5) is 45.6. The summed E-state index contributed by atoms with van der Waals surface area (Å²) in [6.07, 6.45) is 0.123. The predicted octanol–water partition coefficient (Wildman–Crippen LogP) is 0.596. The lowest BCUT2D eigenvalue weighted by Gasteiger charge is -2.43. The first-order valence-corrected chi connectivity index (χ1v) is 9.68. The molecule has 0 aliphatic carbocycles. The molecule has 13 heteroatoms. The Morgan fingerprint density at radius 3 is 2.82 bits per heavy atom. The normalized spacial score (nSPS) is 23.6. The van der Waals surface area contributed by atoms with Crippen LogP contribution in [0.2, 0.25) is 0 Å². The summed E-state index contributed by atoms with van der Waals surface area (Å²) in [5, 5.41) is 5.89. The topological polar surface area (TPSA) is 156 Å². The van der Waals surface area contributed by atoms with E-state index in [1.165, 1.54) is 19.4 Å². The third-order valence-electron chi connectivity index (χ3n) is 3.69. The van der Waals surface area contributed by atoms with Crippen molar-refractivity contribution >= 4 is 26.0 Å². The SMILES string of the molecule is COC(=O)CCNC(=O)[C@@H]1O[P](O)(OCOC(=O)c2ccno2)OCC1(C)C. The van der Waals surface area contributed by atoms with E-state index in [0.29, 0.717) is 0 Å². The van der Waals surface area contributed by atoms with Gasteiger partial charge in [-0.3, -0.25) is 23.2 Å². The van der Waals surface area contributed by atoms with E-state index >= 15 is 0 Å². The minimum Gasteiger partial charge on any atom is -0.469 e. The van der Waals surface area contributed by atoms with Crippen LogP contribution < -0.4 is 5.32 Å². The highest BCUT2D eigenvalue weighted by Gasteiger charge is 2.50. The van der Waals surface area contributed by atoms with Crippen LogP contribution in [0.5, 0.6) is 0 Å². The lowest BCUT2D eigenvalue weighted by molar-refractivity contribution is -0.146. The molecule has 2 atom stereocenters. The van der Waals surface area contributed by atoms with Crippen molar-refractivity contribution < 1.29 is 46.8 Å². The molecule has 12 nitrogen and oxygen atoms in total. The van der Waals surface area contributed by atoms with Gasteiger partial charge in [0.25, 0.3) is 0 Å². The molecule has 2 N–H and O–H groups in total. The predicted molar refractivity (Wildman–Crippen MR) is 91.3 cm³/mol. The summed E-state index contributed by atoms with van der Waals surface area (Å²) in [6, 6.07) is 1.29. The fraction of sp³-hybridized carbons (Fsp3) is 0.600. The summed E-state index contributed by atoms with van der Waals surface area (Å²) in [7, 11) is -2.68. The zero-order valence-electron chi connectivity index (χ0n) is 15.6. The zero-order valence-corrected chi connectivity index (χ0v) is 16.5. The van der Waals surface area contributed by atoms with Crippen molar-refractivity contribution in [2.75, 3.05) is 27.1 Å². The Labute approximate surface area is 161 Å². The fourth-order valence-electron chi connectivity index (χ4n) is 2.12. The molecule has 1 fully saturated rings. The Bertz CT molecular complexity index is 695. The zero-order chi connectivity index (χ0) is 20.8. The number of amides is 1. The summed E-state index contributed by atoms with van der Waals surface area (Å²) in [5.41, 5.74) is -0.790. The molecule has 1 unspecified atom stereocenters. The number of hydrogen-bond donors (Lipinski definition) is 2. The van der Waals surface area contributed by atoms with Crippen LogP contribution in [0.4, 0.5) is 0 Å². The van der Waals surface area contributed by atoms with Crippen LogP contribution in [0.15, 0.2) is 16.8 Å². The number of nitrogens with zero attached hydrogens (tertiary/aromatic N) is 1.